The number of carbonyl (C=O) groups is 1. The van der Waals surface area contributed by atoms with Gasteiger partial charge in [-0.2, -0.15) is 0 Å². The first-order valence-electron chi connectivity index (χ1n) is 4.52. The number of rotatable bonds is 1. The molecule has 80 valence electrons. The van der Waals surface area contributed by atoms with E-state index in [1.807, 2.05) is 13.8 Å². The van der Waals surface area contributed by atoms with Crippen molar-refractivity contribution in [3.8, 4) is 5.75 Å². The summed E-state index contributed by atoms with van der Waals surface area (Å²) in [5, 5.41) is 8.93. The lowest BCUT2D eigenvalue weighted by molar-refractivity contribution is -0.112. The number of fused-ring (bicyclic) bond motifs is 1. The van der Waals surface area contributed by atoms with Crippen LogP contribution in [0.2, 0.25) is 0 Å². The van der Waals surface area contributed by atoms with E-state index in [1.165, 1.54) is 6.20 Å². The number of aromatic nitrogens is 1. The minimum Gasteiger partial charge on any atom is -0.476 e. The van der Waals surface area contributed by atoms with Crippen LogP contribution in [0, 0.1) is 0 Å². The largest absolute Gasteiger partial charge is 0.476 e. The third-order valence-corrected chi connectivity index (χ3v) is 2.38. The molecule has 0 spiro atoms. The number of hydrogen-bond acceptors (Lipinski definition) is 4. The molecular formula is C10H11NO4. The Kier molecular flexibility index (Phi) is 2.12. The monoisotopic (exact) mass is 209 g/mol. The Morgan fingerprint density at radius 2 is 2.33 bits per heavy atom. The minimum absolute atomic E-state index is 0.0476. The van der Waals surface area contributed by atoms with Crippen LogP contribution < -0.4 is 4.74 Å². The second kappa shape index (κ2) is 3.20. The highest BCUT2D eigenvalue weighted by atomic mass is 16.7. The Morgan fingerprint density at radius 1 is 1.60 bits per heavy atom. The molecule has 0 saturated carbocycles. The molecule has 0 bridgehead atoms. The van der Waals surface area contributed by atoms with Gasteiger partial charge in [-0.05, 0) is 19.9 Å². The number of nitrogens with zero attached hydrogens (tertiary/aromatic N) is 1. The molecule has 1 aromatic rings. The van der Waals surface area contributed by atoms with E-state index in [9.17, 15) is 4.79 Å². The van der Waals surface area contributed by atoms with E-state index in [1.54, 1.807) is 6.07 Å². The Morgan fingerprint density at radius 3 is 3.00 bits per heavy atom. The summed E-state index contributed by atoms with van der Waals surface area (Å²) in [5.41, 5.74) is 0.103. The SMILES string of the molecule is CC1(C)OCOc2c1ccnc2C(=O)O. The van der Waals surface area contributed by atoms with Crippen LogP contribution in [-0.2, 0) is 10.3 Å². The normalized spacial score (nSPS) is 17.7. The molecule has 0 radical (unpaired) electrons. The number of carboxylic acids is 1. The van der Waals surface area contributed by atoms with Crippen LogP contribution in [0.4, 0.5) is 0 Å². The lowest BCUT2D eigenvalue weighted by Crippen LogP contribution is -2.31. The molecular weight excluding hydrogens is 198 g/mol. The standard InChI is InChI=1S/C10H11NO4/c1-10(2)6-3-4-11-7(9(12)13)8(6)14-5-15-10/h3-4H,5H2,1-2H3,(H,12,13). The average molecular weight is 209 g/mol. The molecule has 0 unspecified atom stereocenters. The van der Waals surface area contributed by atoms with Crippen LogP contribution in [0.5, 0.6) is 5.75 Å². The number of ether oxygens (including phenoxy) is 2. The summed E-state index contributed by atoms with van der Waals surface area (Å²) >= 11 is 0. The lowest BCUT2D eigenvalue weighted by Gasteiger charge is -2.32. The Balaban J connectivity index is 2.61. The summed E-state index contributed by atoms with van der Waals surface area (Å²) in [5.74, 6) is -0.786. The third kappa shape index (κ3) is 1.55. The number of hydrogen-bond donors (Lipinski definition) is 1. The van der Waals surface area contributed by atoms with Gasteiger partial charge in [0.15, 0.2) is 18.2 Å². The van der Waals surface area contributed by atoms with E-state index in [4.69, 9.17) is 14.6 Å². The molecule has 0 saturated heterocycles. The zero-order chi connectivity index (χ0) is 11.1. The molecule has 0 atom stereocenters. The van der Waals surface area contributed by atoms with Crippen molar-refractivity contribution in [1.82, 2.24) is 4.98 Å². The van der Waals surface area contributed by atoms with Gasteiger partial charge >= 0.3 is 5.97 Å². The van der Waals surface area contributed by atoms with Gasteiger partial charge in [-0.3, -0.25) is 0 Å². The second-order valence-corrected chi connectivity index (χ2v) is 3.76. The zero-order valence-corrected chi connectivity index (χ0v) is 8.48. The van der Waals surface area contributed by atoms with Crippen molar-refractivity contribution >= 4 is 5.97 Å². The highest BCUT2D eigenvalue weighted by Gasteiger charge is 2.33. The smallest absolute Gasteiger partial charge is 0.358 e. The first-order chi connectivity index (χ1) is 7.02. The fourth-order valence-electron chi connectivity index (χ4n) is 1.53. The Hall–Kier alpha value is -1.62. The van der Waals surface area contributed by atoms with E-state index >= 15 is 0 Å². The fraction of sp³-hybridized carbons (Fsp3) is 0.400. The van der Waals surface area contributed by atoms with Crippen LogP contribution in [0.15, 0.2) is 12.3 Å². The Labute approximate surface area is 86.7 Å². The van der Waals surface area contributed by atoms with E-state index in [0.717, 1.165) is 0 Å². The first kappa shape index (κ1) is 9.92. The molecule has 15 heavy (non-hydrogen) atoms. The maximum absolute atomic E-state index is 10.9. The molecule has 2 rings (SSSR count). The maximum atomic E-state index is 10.9. The van der Waals surface area contributed by atoms with Crippen molar-refractivity contribution < 1.29 is 19.4 Å². The van der Waals surface area contributed by atoms with Gasteiger partial charge in [0.2, 0.25) is 0 Å². The van der Waals surface area contributed by atoms with Crippen molar-refractivity contribution in [3.05, 3.63) is 23.5 Å². The topological polar surface area (TPSA) is 68.7 Å². The Bertz CT molecular complexity index is 414. The summed E-state index contributed by atoms with van der Waals surface area (Å²) < 4.78 is 10.6. The maximum Gasteiger partial charge on any atom is 0.358 e. The predicted molar refractivity (Wildman–Crippen MR) is 50.8 cm³/mol. The molecule has 0 aliphatic carbocycles. The van der Waals surface area contributed by atoms with E-state index < -0.39 is 11.6 Å². The van der Waals surface area contributed by atoms with Crippen LogP contribution in [0.25, 0.3) is 0 Å². The number of pyridine rings is 1. The number of aromatic carboxylic acids is 1. The molecule has 0 aromatic carbocycles. The highest BCUT2D eigenvalue weighted by Crippen LogP contribution is 2.37. The van der Waals surface area contributed by atoms with E-state index in [-0.39, 0.29) is 12.5 Å². The van der Waals surface area contributed by atoms with Crippen molar-refractivity contribution in [2.75, 3.05) is 6.79 Å². The van der Waals surface area contributed by atoms with Gasteiger partial charge in [0.25, 0.3) is 0 Å². The van der Waals surface area contributed by atoms with E-state index in [2.05, 4.69) is 4.98 Å². The first-order valence-corrected chi connectivity index (χ1v) is 4.52. The third-order valence-electron chi connectivity index (χ3n) is 2.38. The summed E-state index contributed by atoms with van der Waals surface area (Å²) in [6, 6.07) is 1.71. The van der Waals surface area contributed by atoms with Gasteiger partial charge in [-0.25, -0.2) is 9.78 Å². The lowest BCUT2D eigenvalue weighted by atomic mass is 9.96. The summed E-state index contributed by atoms with van der Waals surface area (Å²) in [7, 11) is 0. The highest BCUT2D eigenvalue weighted by molar-refractivity contribution is 5.89. The van der Waals surface area contributed by atoms with Gasteiger partial charge in [-0.1, -0.05) is 0 Å². The molecule has 1 aromatic heterocycles. The minimum atomic E-state index is -1.09. The predicted octanol–water partition coefficient (Wildman–Crippen LogP) is 1.38. The van der Waals surface area contributed by atoms with Crippen molar-refractivity contribution in [3.63, 3.8) is 0 Å². The molecule has 0 amide bonds. The van der Waals surface area contributed by atoms with Crippen LogP contribution in [0.1, 0.15) is 29.9 Å². The molecule has 1 N–H and O–H groups in total. The van der Waals surface area contributed by atoms with Crippen molar-refractivity contribution in [2.45, 2.75) is 19.4 Å². The summed E-state index contributed by atoms with van der Waals surface area (Å²) in [6.45, 7) is 3.77. The van der Waals surface area contributed by atoms with Gasteiger partial charge in [0.1, 0.15) is 0 Å². The zero-order valence-electron chi connectivity index (χ0n) is 8.48. The summed E-state index contributed by atoms with van der Waals surface area (Å²) in [6.07, 6.45) is 1.45. The fourth-order valence-corrected chi connectivity index (χ4v) is 1.53. The van der Waals surface area contributed by atoms with Crippen LogP contribution in [0.3, 0.4) is 0 Å². The van der Waals surface area contributed by atoms with Crippen molar-refractivity contribution in [1.29, 1.82) is 0 Å². The quantitative estimate of drug-likeness (QED) is 0.756. The summed E-state index contributed by atoms with van der Waals surface area (Å²) in [4.78, 5) is 14.7. The van der Waals surface area contributed by atoms with Crippen LogP contribution >= 0.6 is 0 Å². The van der Waals surface area contributed by atoms with Gasteiger partial charge in [-0.15, -0.1) is 0 Å². The molecule has 0 fully saturated rings. The molecule has 1 aliphatic rings. The van der Waals surface area contributed by atoms with Gasteiger partial charge in [0, 0.05) is 11.8 Å². The number of carboxylic acid groups (broad SMARTS) is 1. The molecule has 5 nitrogen and oxygen atoms in total. The molecule has 2 heterocycles. The van der Waals surface area contributed by atoms with Crippen molar-refractivity contribution in [2.24, 2.45) is 0 Å². The van der Waals surface area contributed by atoms with Crippen LogP contribution in [-0.4, -0.2) is 22.9 Å². The average Bonchev–Trinajstić information content (AvgIpc) is 2.16. The van der Waals surface area contributed by atoms with E-state index in [0.29, 0.717) is 11.3 Å². The second-order valence-electron chi connectivity index (χ2n) is 3.76. The molecule has 5 heteroatoms. The van der Waals surface area contributed by atoms with Gasteiger partial charge in [0.05, 0.1) is 5.60 Å². The van der Waals surface area contributed by atoms with Gasteiger partial charge < -0.3 is 14.6 Å². The molecule has 1 aliphatic heterocycles.